The molecule has 12 nitrogen and oxygen atoms in total. The van der Waals surface area contributed by atoms with Crippen molar-refractivity contribution in [1.29, 1.82) is 15.8 Å². The Labute approximate surface area is 225 Å². The van der Waals surface area contributed by atoms with E-state index in [9.17, 15) is 15.8 Å². The fraction of sp³-hybridized carbons (Fsp3) is 0. The summed E-state index contributed by atoms with van der Waals surface area (Å²) in [6.07, 6.45) is 3.29. The summed E-state index contributed by atoms with van der Waals surface area (Å²) in [4.78, 5) is 19.5. The normalized spacial score (nSPS) is 16.6. The second kappa shape index (κ2) is 8.77. The van der Waals surface area contributed by atoms with Crippen LogP contribution in [-0.2, 0) is 0 Å². The van der Waals surface area contributed by atoms with E-state index in [-0.39, 0.29) is 56.4 Å². The van der Waals surface area contributed by atoms with Crippen molar-refractivity contribution >= 4 is 22.4 Å². The maximum absolute atomic E-state index is 10.4. The van der Waals surface area contributed by atoms with Gasteiger partial charge in [0.25, 0.3) is 11.4 Å². The number of fused-ring (bicyclic) bond motifs is 2. The van der Waals surface area contributed by atoms with Gasteiger partial charge in [-0.15, -0.1) is 10.2 Å². The minimum Gasteiger partial charge on any atom is -0.237 e. The quantitative estimate of drug-likeness (QED) is 0.290. The van der Waals surface area contributed by atoms with E-state index in [0.29, 0.717) is 11.3 Å². The van der Waals surface area contributed by atoms with E-state index in [1.165, 1.54) is 9.03 Å². The monoisotopic (exact) mass is 512 g/mol. The van der Waals surface area contributed by atoms with Crippen molar-refractivity contribution in [2.75, 3.05) is 0 Å². The van der Waals surface area contributed by atoms with Gasteiger partial charge in [0.15, 0.2) is 22.9 Å². The predicted octanol–water partition coefficient (Wildman–Crippen LogP) is 4.10. The van der Waals surface area contributed by atoms with E-state index in [4.69, 9.17) is 19.7 Å². The smallest absolute Gasteiger partial charge is 0.237 e. The molecule has 4 aromatic rings. The van der Waals surface area contributed by atoms with E-state index >= 15 is 0 Å². The Kier molecular flexibility index (Phi) is 5.11. The van der Waals surface area contributed by atoms with Gasteiger partial charge in [-0.05, 0) is 35.4 Å². The summed E-state index contributed by atoms with van der Waals surface area (Å²) in [5, 5.41) is 39.2. The number of hydrogen-bond acceptors (Lipinski definition) is 7. The van der Waals surface area contributed by atoms with E-state index in [1.54, 1.807) is 48.8 Å². The molecule has 0 bridgehead atoms. The van der Waals surface area contributed by atoms with Crippen LogP contribution in [0.25, 0.3) is 37.0 Å². The summed E-state index contributed by atoms with van der Waals surface area (Å²) < 4.78 is 2.94. The van der Waals surface area contributed by atoms with Crippen molar-refractivity contribution in [3.05, 3.63) is 140 Å². The van der Waals surface area contributed by atoms with Gasteiger partial charge < -0.3 is 0 Å². The molecule has 0 spiro atoms. The van der Waals surface area contributed by atoms with Gasteiger partial charge in [-0.3, -0.25) is 0 Å². The average molecular weight is 512 g/mol. The minimum atomic E-state index is -0.405. The highest BCUT2D eigenvalue weighted by molar-refractivity contribution is 6.09. The molecule has 0 aliphatic heterocycles. The number of nitrogens with zero attached hydrogens (tertiary/aromatic N) is 12. The number of rotatable bonds is 2. The second-order valence-corrected chi connectivity index (χ2v) is 8.22. The molecule has 0 saturated carbocycles. The van der Waals surface area contributed by atoms with Crippen LogP contribution in [0.5, 0.6) is 0 Å². The third kappa shape index (κ3) is 3.06. The van der Waals surface area contributed by atoms with Crippen molar-refractivity contribution < 1.29 is 0 Å². The van der Waals surface area contributed by atoms with Crippen LogP contribution in [0.1, 0.15) is 11.6 Å². The Morgan fingerprint density at radius 2 is 1.23 bits per heavy atom. The van der Waals surface area contributed by atoms with E-state index < -0.39 is 11.4 Å². The molecule has 12 heteroatoms. The Hall–Kier alpha value is -7.12. The summed E-state index contributed by atoms with van der Waals surface area (Å²) in [7, 11) is 0. The van der Waals surface area contributed by atoms with Gasteiger partial charge >= 0.3 is 0 Å². The number of aromatic nitrogens is 6. The largest absolute Gasteiger partial charge is 0.269 e. The van der Waals surface area contributed by atoms with Gasteiger partial charge in [-0.2, -0.15) is 5.26 Å². The van der Waals surface area contributed by atoms with Crippen LogP contribution in [0, 0.1) is 53.7 Å². The molecule has 0 fully saturated rings. The van der Waals surface area contributed by atoms with Crippen LogP contribution in [0.3, 0.4) is 0 Å². The zero-order chi connectivity index (χ0) is 28.0. The highest BCUT2D eigenvalue weighted by Crippen LogP contribution is 2.57. The van der Waals surface area contributed by atoms with Crippen molar-refractivity contribution in [3.8, 4) is 18.2 Å². The molecule has 0 saturated heterocycles. The zero-order valence-corrected chi connectivity index (χ0v) is 20.0. The molecular formula is C28H8N12. The molecule has 4 heterocycles. The summed E-state index contributed by atoms with van der Waals surface area (Å²) in [6.45, 7) is 23.5. The third-order valence-electron chi connectivity index (χ3n) is 6.29. The van der Waals surface area contributed by atoms with Crippen molar-refractivity contribution in [2.45, 2.75) is 0 Å². The lowest BCUT2D eigenvalue weighted by Gasteiger charge is -2.11. The maximum atomic E-state index is 10.4. The van der Waals surface area contributed by atoms with Gasteiger partial charge in [0.1, 0.15) is 6.07 Å². The Balaban J connectivity index is 1.76. The first-order chi connectivity index (χ1) is 19.6. The maximum Gasteiger partial charge on any atom is 0.269 e. The first-order valence-electron chi connectivity index (χ1n) is 11.3. The molecule has 0 radical (unpaired) electrons. The predicted molar refractivity (Wildman–Crippen MR) is 138 cm³/mol. The fourth-order valence-corrected chi connectivity index (χ4v) is 4.77. The van der Waals surface area contributed by atoms with Gasteiger partial charge in [-0.1, -0.05) is 12.1 Å². The lowest BCUT2D eigenvalue weighted by Crippen LogP contribution is -2.02. The van der Waals surface area contributed by atoms with Crippen molar-refractivity contribution in [2.24, 2.45) is 0 Å². The first-order valence-corrected chi connectivity index (χ1v) is 11.3. The number of nitriles is 3. The van der Waals surface area contributed by atoms with Crippen LogP contribution >= 0.6 is 0 Å². The van der Waals surface area contributed by atoms with Crippen LogP contribution in [-0.4, -0.2) is 29.2 Å². The molecule has 2 aliphatic rings. The third-order valence-corrected chi connectivity index (χ3v) is 6.29. The van der Waals surface area contributed by atoms with Crippen molar-refractivity contribution in [1.82, 2.24) is 29.2 Å². The van der Waals surface area contributed by atoms with Crippen LogP contribution in [0.2, 0.25) is 0 Å². The molecule has 0 atom stereocenters. The Morgan fingerprint density at radius 3 is 1.68 bits per heavy atom. The molecule has 40 heavy (non-hydrogen) atoms. The van der Waals surface area contributed by atoms with Gasteiger partial charge in [0, 0.05) is 34.7 Å². The lowest BCUT2D eigenvalue weighted by molar-refractivity contribution is 0.948. The Bertz CT molecular complexity index is 2010. The molecule has 180 valence electrons. The number of pyridine rings is 2. The van der Waals surface area contributed by atoms with E-state index in [0.717, 1.165) is 0 Å². The molecule has 2 aliphatic carbocycles. The molecule has 0 aromatic carbocycles. The zero-order valence-electron chi connectivity index (χ0n) is 20.0. The van der Waals surface area contributed by atoms with Crippen LogP contribution in [0.15, 0.2) is 93.7 Å². The molecular weight excluding hydrogens is 504 g/mol. The molecule has 0 N–H and O–H groups in total. The standard InChI is InChI=1S/C28H8N12/c1-32-16(13-30)22-20-15(12-29)21(27-35-18-8-4-6-10-39(18)37-27)23(17(14-31)33-2)24(20)26(34-3)25(22)28-36-19-9-5-7-11-40(19)38-28/h4-11H/b22-16-,23-17-. The summed E-state index contributed by atoms with van der Waals surface area (Å²) in [6, 6.07) is 16.2. The van der Waals surface area contributed by atoms with Gasteiger partial charge in [0.05, 0.1) is 37.4 Å². The summed E-state index contributed by atoms with van der Waals surface area (Å²) >= 11 is 0. The van der Waals surface area contributed by atoms with Gasteiger partial charge in [0.2, 0.25) is 5.70 Å². The average Bonchev–Trinajstić information content (AvgIpc) is 3.74. The molecule has 6 rings (SSSR count). The number of hydrogen-bond donors (Lipinski definition) is 0. The Morgan fingerprint density at radius 1 is 0.700 bits per heavy atom. The molecule has 4 aromatic heterocycles. The highest BCUT2D eigenvalue weighted by atomic mass is 15.3. The SMILES string of the molecule is [C-]#[N+]C1=C(c2nc3ccccn3n2)/C(=C(/C#N)[N+]#[C-])C2=C1/C(=C(/C#N)[N+]#[C-])C(c1nc3ccccn3n1)=C2C#N. The lowest BCUT2D eigenvalue weighted by atomic mass is 9.93. The number of allylic oxidation sites excluding steroid dienone is 8. The van der Waals surface area contributed by atoms with E-state index in [2.05, 4.69) is 40.8 Å². The molecule has 0 amide bonds. The highest BCUT2D eigenvalue weighted by Gasteiger charge is 2.45. The van der Waals surface area contributed by atoms with E-state index in [1.807, 2.05) is 12.1 Å². The van der Waals surface area contributed by atoms with Crippen molar-refractivity contribution in [3.63, 3.8) is 0 Å². The topological polar surface area (TPSA) is 145 Å². The second-order valence-electron chi connectivity index (χ2n) is 8.22. The van der Waals surface area contributed by atoms with Crippen LogP contribution in [0.4, 0.5) is 0 Å². The molecule has 0 unspecified atom stereocenters. The van der Waals surface area contributed by atoms with Crippen LogP contribution < -0.4 is 0 Å². The van der Waals surface area contributed by atoms with Gasteiger partial charge in [-0.25, -0.2) is 44.1 Å². The summed E-state index contributed by atoms with van der Waals surface area (Å²) in [5.41, 5.74) is 0.103. The minimum absolute atomic E-state index is 0.0236. The fourth-order valence-electron chi connectivity index (χ4n) is 4.77. The summed E-state index contributed by atoms with van der Waals surface area (Å²) in [5.74, 6) is 0.0873. The first kappa shape index (κ1) is 23.3.